The third kappa shape index (κ3) is 5.26. The minimum atomic E-state index is -1.14. The van der Waals surface area contributed by atoms with Crippen molar-refractivity contribution in [3.63, 3.8) is 0 Å². The van der Waals surface area contributed by atoms with E-state index in [-0.39, 0.29) is 22.2 Å². The lowest BCUT2D eigenvalue weighted by Crippen LogP contribution is -2.41. The van der Waals surface area contributed by atoms with Crippen LogP contribution in [0.25, 0.3) is 0 Å². The van der Waals surface area contributed by atoms with E-state index in [0.29, 0.717) is 0 Å². The largest absolute Gasteiger partial charge is 0.480 e. The minimum Gasteiger partial charge on any atom is -0.480 e. The van der Waals surface area contributed by atoms with Crippen molar-refractivity contribution < 1.29 is 19.4 Å². The van der Waals surface area contributed by atoms with Crippen LogP contribution in [0.15, 0.2) is 5.16 Å². The third-order valence-corrected chi connectivity index (χ3v) is 2.91. The summed E-state index contributed by atoms with van der Waals surface area (Å²) in [6, 6.07) is -1.00. The van der Waals surface area contributed by atoms with Gasteiger partial charge in [0.2, 0.25) is 11.2 Å². The van der Waals surface area contributed by atoms with Crippen LogP contribution in [0.3, 0.4) is 0 Å². The summed E-state index contributed by atoms with van der Waals surface area (Å²) < 4.78 is 4.81. The summed E-state index contributed by atoms with van der Waals surface area (Å²) in [5, 5.41) is 11.4. The molecule has 1 heterocycles. The SMILES string of the molecule is COc1nc(Cl)nc(SC[C@H](NC(C)=O)C(=O)O)n1. The van der Waals surface area contributed by atoms with Crippen LogP contribution in [0, 0.1) is 0 Å². The van der Waals surface area contributed by atoms with E-state index in [0.717, 1.165) is 11.8 Å². The maximum absolute atomic E-state index is 10.9. The van der Waals surface area contributed by atoms with Crippen LogP contribution in [0.1, 0.15) is 6.92 Å². The molecule has 1 aromatic rings. The summed E-state index contributed by atoms with van der Waals surface area (Å²) in [5.74, 6) is -1.52. The number of halogens is 1. The summed E-state index contributed by atoms with van der Waals surface area (Å²) in [5.41, 5.74) is 0. The second kappa shape index (κ2) is 7.10. The number of aliphatic carboxylic acids is 1. The van der Waals surface area contributed by atoms with Crippen molar-refractivity contribution in [2.45, 2.75) is 18.1 Å². The Morgan fingerprint density at radius 1 is 1.47 bits per heavy atom. The van der Waals surface area contributed by atoms with Gasteiger partial charge in [-0.25, -0.2) is 4.79 Å². The summed E-state index contributed by atoms with van der Waals surface area (Å²) >= 11 is 6.67. The first kappa shape index (κ1) is 15.4. The van der Waals surface area contributed by atoms with Gasteiger partial charge in [0.15, 0.2) is 5.16 Å². The summed E-state index contributed by atoms with van der Waals surface area (Å²) in [4.78, 5) is 33.2. The van der Waals surface area contributed by atoms with Gasteiger partial charge in [-0.2, -0.15) is 15.0 Å². The molecule has 2 N–H and O–H groups in total. The van der Waals surface area contributed by atoms with Gasteiger partial charge in [0.05, 0.1) is 7.11 Å². The highest BCUT2D eigenvalue weighted by Gasteiger charge is 2.19. The number of nitrogens with one attached hydrogen (secondary N) is 1. The van der Waals surface area contributed by atoms with E-state index >= 15 is 0 Å². The van der Waals surface area contributed by atoms with E-state index in [9.17, 15) is 9.59 Å². The molecule has 10 heteroatoms. The highest BCUT2D eigenvalue weighted by Crippen LogP contribution is 2.18. The molecule has 0 saturated carbocycles. The predicted octanol–water partition coefficient (Wildman–Crippen LogP) is 0.215. The summed E-state index contributed by atoms with van der Waals surface area (Å²) in [6.45, 7) is 1.24. The monoisotopic (exact) mass is 306 g/mol. The van der Waals surface area contributed by atoms with Crippen molar-refractivity contribution in [1.82, 2.24) is 20.3 Å². The van der Waals surface area contributed by atoms with Gasteiger partial charge >= 0.3 is 12.0 Å². The molecule has 0 unspecified atom stereocenters. The predicted molar refractivity (Wildman–Crippen MR) is 67.4 cm³/mol. The van der Waals surface area contributed by atoms with E-state index in [1.165, 1.54) is 14.0 Å². The molecular formula is C9H11ClN4O4S. The number of amides is 1. The number of hydrogen-bond donors (Lipinski definition) is 2. The van der Waals surface area contributed by atoms with Crippen molar-refractivity contribution in [2.75, 3.05) is 12.9 Å². The van der Waals surface area contributed by atoms with Gasteiger partial charge in [-0.1, -0.05) is 11.8 Å². The zero-order valence-corrected chi connectivity index (χ0v) is 11.7. The molecule has 0 spiro atoms. The van der Waals surface area contributed by atoms with Crippen molar-refractivity contribution in [3.05, 3.63) is 5.28 Å². The molecule has 1 amide bonds. The molecule has 1 aromatic heterocycles. The van der Waals surface area contributed by atoms with Gasteiger partial charge in [0.1, 0.15) is 6.04 Å². The second-order valence-corrected chi connectivity index (χ2v) is 4.60. The molecule has 0 fully saturated rings. The van der Waals surface area contributed by atoms with Crippen LogP contribution in [0.4, 0.5) is 0 Å². The molecule has 1 rings (SSSR count). The molecular weight excluding hydrogens is 296 g/mol. The molecule has 104 valence electrons. The normalized spacial score (nSPS) is 11.7. The average molecular weight is 307 g/mol. The number of carboxylic acids is 1. The molecule has 8 nitrogen and oxygen atoms in total. The van der Waals surface area contributed by atoms with Gasteiger partial charge in [-0.15, -0.1) is 0 Å². The van der Waals surface area contributed by atoms with Crippen LogP contribution >= 0.6 is 23.4 Å². The Balaban J connectivity index is 2.71. The number of ether oxygens (including phenoxy) is 1. The number of rotatable bonds is 6. The van der Waals surface area contributed by atoms with Crippen LogP contribution in [0.5, 0.6) is 6.01 Å². The fourth-order valence-electron chi connectivity index (χ4n) is 1.05. The van der Waals surface area contributed by atoms with Gasteiger partial charge < -0.3 is 15.2 Å². The van der Waals surface area contributed by atoms with E-state index in [1.54, 1.807) is 0 Å². The van der Waals surface area contributed by atoms with Crippen LogP contribution in [-0.4, -0.2) is 50.8 Å². The van der Waals surface area contributed by atoms with Crippen LogP contribution in [0.2, 0.25) is 5.28 Å². The molecule has 1 atom stereocenters. The van der Waals surface area contributed by atoms with Gasteiger partial charge in [0, 0.05) is 12.7 Å². The lowest BCUT2D eigenvalue weighted by Gasteiger charge is -2.12. The Morgan fingerprint density at radius 3 is 2.68 bits per heavy atom. The number of hydrogen-bond acceptors (Lipinski definition) is 7. The molecule has 0 aliphatic heterocycles. The van der Waals surface area contributed by atoms with Crippen LogP contribution < -0.4 is 10.1 Å². The summed E-state index contributed by atoms with van der Waals surface area (Å²) in [7, 11) is 1.37. The van der Waals surface area contributed by atoms with E-state index in [2.05, 4.69) is 20.3 Å². The first-order valence-corrected chi connectivity index (χ1v) is 6.37. The molecule has 0 aliphatic rings. The Hall–Kier alpha value is -1.61. The third-order valence-electron chi connectivity index (χ3n) is 1.80. The quantitative estimate of drug-likeness (QED) is 0.717. The van der Waals surface area contributed by atoms with E-state index in [4.69, 9.17) is 21.4 Å². The van der Waals surface area contributed by atoms with E-state index in [1.807, 2.05) is 0 Å². The highest BCUT2D eigenvalue weighted by molar-refractivity contribution is 7.99. The fourth-order valence-corrected chi connectivity index (χ4v) is 2.09. The maximum atomic E-state index is 10.9. The van der Waals surface area contributed by atoms with Crippen molar-refractivity contribution in [2.24, 2.45) is 0 Å². The Kier molecular flexibility index (Phi) is 5.77. The van der Waals surface area contributed by atoms with Crippen molar-refractivity contribution >= 4 is 35.2 Å². The van der Waals surface area contributed by atoms with Crippen LogP contribution in [-0.2, 0) is 9.59 Å². The zero-order valence-electron chi connectivity index (χ0n) is 10.1. The van der Waals surface area contributed by atoms with Gasteiger partial charge in [0.25, 0.3) is 0 Å². The standard InChI is InChI=1S/C9H11ClN4O4S/c1-4(15)11-5(6(16)17)3-19-9-13-7(10)12-8(14-9)18-2/h5H,3H2,1-2H3,(H,11,15)(H,16,17)/t5-/m0/s1. The van der Waals surface area contributed by atoms with Crippen molar-refractivity contribution in [1.29, 1.82) is 0 Å². The van der Waals surface area contributed by atoms with Gasteiger partial charge in [-0.05, 0) is 11.6 Å². The molecule has 0 aromatic carbocycles. The van der Waals surface area contributed by atoms with Crippen molar-refractivity contribution in [3.8, 4) is 6.01 Å². The van der Waals surface area contributed by atoms with E-state index < -0.39 is 17.9 Å². The summed E-state index contributed by atoms with van der Waals surface area (Å²) in [6.07, 6.45) is 0. The maximum Gasteiger partial charge on any atom is 0.327 e. The zero-order chi connectivity index (χ0) is 14.4. The smallest absolute Gasteiger partial charge is 0.327 e. The number of thioether (sulfide) groups is 1. The highest BCUT2D eigenvalue weighted by atomic mass is 35.5. The molecule has 0 radical (unpaired) electrons. The number of carbonyl (C=O) groups excluding carboxylic acids is 1. The Bertz CT molecular complexity index is 487. The number of carboxylic acid groups (broad SMARTS) is 1. The number of nitrogens with zero attached hydrogens (tertiary/aromatic N) is 3. The second-order valence-electron chi connectivity index (χ2n) is 3.28. The topological polar surface area (TPSA) is 114 Å². The molecule has 0 aliphatic carbocycles. The molecule has 0 bridgehead atoms. The van der Waals surface area contributed by atoms with Gasteiger partial charge in [-0.3, -0.25) is 4.79 Å². The fraction of sp³-hybridized carbons (Fsp3) is 0.444. The number of aromatic nitrogens is 3. The number of methoxy groups -OCH3 is 1. The lowest BCUT2D eigenvalue weighted by atomic mass is 10.3. The number of carbonyl (C=O) groups is 2. The molecule has 19 heavy (non-hydrogen) atoms. The Labute approximate surface area is 117 Å². The molecule has 0 saturated heterocycles. The lowest BCUT2D eigenvalue weighted by molar-refractivity contribution is -0.140. The first-order chi connectivity index (χ1) is 8.92. The first-order valence-electron chi connectivity index (χ1n) is 5.00. The average Bonchev–Trinajstić information content (AvgIpc) is 2.33. The minimum absolute atomic E-state index is 0.0360. The Morgan fingerprint density at radius 2 is 2.16 bits per heavy atom.